The van der Waals surface area contributed by atoms with Crippen molar-refractivity contribution in [3.05, 3.63) is 35.4 Å². The van der Waals surface area contributed by atoms with E-state index in [2.05, 4.69) is 0 Å². The second-order valence-corrected chi connectivity index (χ2v) is 6.20. The average molecular weight is 305 g/mol. The Kier molecular flexibility index (Phi) is 4.86. The van der Waals surface area contributed by atoms with Crippen LogP contribution in [0.5, 0.6) is 0 Å². The fourth-order valence-corrected chi connectivity index (χ4v) is 2.67. The molecule has 0 bridgehead atoms. The van der Waals surface area contributed by atoms with E-state index in [0.717, 1.165) is 12.0 Å². The van der Waals surface area contributed by atoms with Crippen LogP contribution in [-0.4, -0.2) is 40.1 Å². The summed E-state index contributed by atoms with van der Waals surface area (Å²) < 4.78 is 5.52. The zero-order valence-corrected chi connectivity index (χ0v) is 13.3. The molecular weight excluding hydrogens is 282 g/mol. The summed E-state index contributed by atoms with van der Waals surface area (Å²) in [5.74, 6) is -1.17. The minimum atomic E-state index is -1.10. The highest BCUT2D eigenvalue weighted by Gasteiger charge is 2.46. The Balaban J connectivity index is 2.11. The number of hydrogen-bond acceptors (Lipinski definition) is 3. The highest BCUT2D eigenvalue weighted by molar-refractivity contribution is 5.98. The van der Waals surface area contributed by atoms with E-state index >= 15 is 0 Å². The van der Waals surface area contributed by atoms with Gasteiger partial charge in [0.1, 0.15) is 5.54 Å². The molecule has 2 rings (SSSR count). The molecule has 5 nitrogen and oxygen atoms in total. The van der Waals surface area contributed by atoms with Crippen molar-refractivity contribution in [3.8, 4) is 0 Å². The van der Waals surface area contributed by atoms with Crippen LogP contribution in [0.25, 0.3) is 0 Å². The first-order valence-corrected chi connectivity index (χ1v) is 7.60. The van der Waals surface area contributed by atoms with Crippen molar-refractivity contribution < 1.29 is 19.4 Å². The molecule has 1 aromatic rings. The molecule has 0 spiro atoms. The Morgan fingerprint density at radius 3 is 2.50 bits per heavy atom. The molecule has 1 aliphatic heterocycles. The maximum atomic E-state index is 12.6. The molecule has 1 aromatic carbocycles. The number of hydrogen-bond donors (Lipinski definition) is 1. The van der Waals surface area contributed by atoms with Gasteiger partial charge in [-0.1, -0.05) is 12.1 Å². The summed E-state index contributed by atoms with van der Waals surface area (Å²) in [6.45, 7) is 6.55. The number of carbonyl (C=O) groups excluding carboxylic acids is 1. The first-order valence-electron chi connectivity index (χ1n) is 7.60. The van der Waals surface area contributed by atoms with Gasteiger partial charge in [-0.05, 0) is 51.3 Å². The van der Waals surface area contributed by atoms with Crippen molar-refractivity contribution in [3.63, 3.8) is 0 Å². The monoisotopic (exact) mass is 305 g/mol. The van der Waals surface area contributed by atoms with Crippen LogP contribution < -0.4 is 0 Å². The van der Waals surface area contributed by atoms with E-state index in [4.69, 9.17) is 4.74 Å². The summed E-state index contributed by atoms with van der Waals surface area (Å²) in [5, 5.41) is 9.39. The lowest BCUT2D eigenvalue weighted by molar-refractivity contribution is -0.147. The molecule has 0 aromatic heterocycles. The summed E-state index contributed by atoms with van der Waals surface area (Å²) >= 11 is 0. The van der Waals surface area contributed by atoms with Crippen LogP contribution in [0, 0.1) is 0 Å². The van der Waals surface area contributed by atoms with Crippen molar-refractivity contribution in [2.75, 3.05) is 6.54 Å². The van der Waals surface area contributed by atoms with Gasteiger partial charge in [0.25, 0.3) is 5.91 Å². The quantitative estimate of drug-likeness (QED) is 0.908. The van der Waals surface area contributed by atoms with Gasteiger partial charge in [-0.2, -0.15) is 0 Å². The normalized spacial score (nSPS) is 21.4. The van der Waals surface area contributed by atoms with Crippen LogP contribution in [0.2, 0.25) is 0 Å². The summed E-state index contributed by atoms with van der Waals surface area (Å²) in [5.41, 5.74) is 0.409. The number of carboxylic acids is 1. The van der Waals surface area contributed by atoms with Crippen LogP contribution in [0.4, 0.5) is 0 Å². The zero-order valence-electron chi connectivity index (χ0n) is 13.3. The number of aliphatic carboxylic acids is 1. The molecule has 1 heterocycles. The van der Waals surface area contributed by atoms with Crippen LogP contribution >= 0.6 is 0 Å². The third-order valence-corrected chi connectivity index (χ3v) is 4.13. The number of nitrogens with zero attached hydrogens (tertiary/aromatic N) is 1. The van der Waals surface area contributed by atoms with Gasteiger partial charge in [0.05, 0.1) is 12.7 Å². The molecular formula is C17H23NO4. The largest absolute Gasteiger partial charge is 0.480 e. The molecule has 1 fully saturated rings. The Bertz CT molecular complexity index is 552. The SMILES string of the molecule is CC(C)OCc1ccc(C(=O)N2CCCC2(C)C(=O)O)cc1. The van der Waals surface area contributed by atoms with Crippen LogP contribution in [0.15, 0.2) is 24.3 Å². The Morgan fingerprint density at radius 2 is 1.95 bits per heavy atom. The molecule has 1 amide bonds. The topological polar surface area (TPSA) is 66.8 Å². The predicted octanol–water partition coefficient (Wildman–Crippen LogP) is 2.69. The Morgan fingerprint density at radius 1 is 1.32 bits per heavy atom. The van der Waals surface area contributed by atoms with Crippen molar-refractivity contribution in [2.24, 2.45) is 0 Å². The number of benzene rings is 1. The summed E-state index contributed by atoms with van der Waals surface area (Å²) in [6, 6.07) is 7.18. The maximum absolute atomic E-state index is 12.6. The van der Waals surface area contributed by atoms with E-state index in [9.17, 15) is 14.7 Å². The fourth-order valence-electron chi connectivity index (χ4n) is 2.67. The fraction of sp³-hybridized carbons (Fsp3) is 0.529. The van der Waals surface area contributed by atoms with Crippen LogP contribution in [-0.2, 0) is 16.1 Å². The van der Waals surface area contributed by atoms with E-state index in [0.29, 0.717) is 25.1 Å². The number of rotatable bonds is 5. The van der Waals surface area contributed by atoms with Gasteiger partial charge in [0, 0.05) is 12.1 Å². The van der Waals surface area contributed by atoms with Crippen LogP contribution in [0.3, 0.4) is 0 Å². The molecule has 120 valence electrons. The molecule has 0 radical (unpaired) electrons. The minimum Gasteiger partial charge on any atom is -0.480 e. The van der Waals surface area contributed by atoms with Gasteiger partial charge >= 0.3 is 5.97 Å². The second kappa shape index (κ2) is 6.48. The first-order chi connectivity index (χ1) is 10.3. The molecule has 1 saturated heterocycles. The highest BCUT2D eigenvalue weighted by Crippen LogP contribution is 2.30. The first kappa shape index (κ1) is 16.5. The molecule has 1 unspecified atom stereocenters. The van der Waals surface area contributed by atoms with Crippen molar-refractivity contribution in [2.45, 2.75) is 51.9 Å². The average Bonchev–Trinajstić information content (AvgIpc) is 2.88. The van der Waals surface area contributed by atoms with Crippen molar-refractivity contribution >= 4 is 11.9 Å². The number of ether oxygens (including phenoxy) is 1. The third kappa shape index (κ3) is 3.30. The van der Waals surface area contributed by atoms with Gasteiger partial charge in [-0.15, -0.1) is 0 Å². The molecule has 1 aliphatic rings. The standard InChI is InChI=1S/C17H23NO4/c1-12(2)22-11-13-5-7-14(8-6-13)15(19)18-10-4-9-17(18,3)16(20)21/h5-8,12H,4,9-11H2,1-3H3,(H,20,21). The van der Waals surface area contributed by atoms with Gasteiger partial charge in [-0.3, -0.25) is 4.79 Å². The lowest BCUT2D eigenvalue weighted by atomic mass is 9.98. The molecule has 1 atom stereocenters. The summed E-state index contributed by atoms with van der Waals surface area (Å²) in [7, 11) is 0. The Labute approximate surface area is 130 Å². The number of carboxylic acid groups (broad SMARTS) is 1. The third-order valence-electron chi connectivity index (χ3n) is 4.13. The zero-order chi connectivity index (χ0) is 16.3. The van der Waals surface area contributed by atoms with Crippen molar-refractivity contribution in [1.82, 2.24) is 4.90 Å². The smallest absolute Gasteiger partial charge is 0.329 e. The van der Waals surface area contributed by atoms with E-state index in [-0.39, 0.29) is 12.0 Å². The van der Waals surface area contributed by atoms with Gasteiger partial charge in [0.15, 0.2) is 0 Å². The van der Waals surface area contributed by atoms with Crippen molar-refractivity contribution in [1.29, 1.82) is 0 Å². The van der Waals surface area contributed by atoms with E-state index < -0.39 is 11.5 Å². The van der Waals surface area contributed by atoms with Crippen LogP contribution in [0.1, 0.15) is 49.5 Å². The second-order valence-electron chi connectivity index (χ2n) is 6.20. The van der Waals surface area contributed by atoms with E-state index in [1.807, 2.05) is 26.0 Å². The minimum absolute atomic E-state index is 0.155. The molecule has 1 N–H and O–H groups in total. The molecule has 5 heteroatoms. The summed E-state index contributed by atoms with van der Waals surface area (Å²) in [6.07, 6.45) is 1.37. The lowest BCUT2D eigenvalue weighted by Crippen LogP contribution is -2.50. The maximum Gasteiger partial charge on any atom is 0.329 e. The number of carbonyl (C=O) groups is 2. The molecule has 0 aliphatic carbocycles. The van der Waals surface area contributed by atoms with Gasteiger partial charge in [-0.25, -0.2) is 4.79 Å². The van der Waals surface area contributed by atoms with E-state index in [1.54, 1.807) is 19.1 Å². The molecule has 0 saturated carbocycles. The highest BCUT2D eigenvalue weighted by atomic mass is 16.5. The summed E-state index contributed by atoms with van der Waals surface area (Å²) in [4.78, 5) is 25.5. The predicted molar refractivity (Wildman–Crippen MR) is 82.7 cm³/mol. The van der Waals surface area contributed by atoms with Gasteiger partial charge in [0.2, 0.25) is 0 Å². The van der Waals surface area contributed by atoms with Gasteiger partial charge < -0.3 is 14.7 Å². The number of amides is 1. The lowest BCUT2D eigenvalue weighted by Gasteiger charge is -2.31. The molecule has 22 heavy (non-hydrogen) atoms. The van der Waals surface area contributed by atoms with E-state index in [1.165, 1.54) is 4.90 Å². The Hall–Kier alpha value is -1.88. The number of likely N-dealkylation sites (tertiary alicyclic amines) is 1.